The van der Waals surface area contributed by atoms with E-state index < -0.39 is 5.97 Å². The number of ether oxygens (including phenoxy) is 1. The number of hydrogen-bond acceptors (Lipinski definition) is 3. The van der Waals surface area contributed by atoms with Crippen LogP contribution in [0.25, 0.3) is 6.08 Å². The average molecular weight is 293 g/mol. The Balaban J connectivity index is 2.26. The van der Waals surface area contributed by atoms with Crippen LogP contribution in [-0.4, -0.2) is 28.0 Å². The highest BCUT2D eigenvalue weighted by molar-refractivity contribution is 6.30. The molecule has 2 aromatic rings. The smallest absolute Gasteiger partial charge is 0.328 e. The van der Waals surface area contributed by atoms with Gasteiger partial charge in [0.1, 0.15) is 5.75 Å². The number of aliphatic carboxylic acids is 1. The lowest BCUT2D eigenvalue weighted by Crippen LogP contribution is -2.00. The molecule has 5 nitrogen and oxygen atoms in total. The van der Waals surface area contributed by atoms with E-state index in [1.807, 2.05) is 12.1 Å². The van der Waals surface area contributed by atoms with Crippen molar-refractivity contribution in [3.63, 3.8) is 0 Å². The summed E-state index contributed by atoms with van der Waals surface area (Å²) < 4.78 is 6.90. The zero-order chi connectivity index (χ0) is 14.5. The molecule has 0 fully saturated rings. The molecule has 2 rings (SSSR count). The molecule has 0 aliphatic rings. The van der Waals surface area contributed by atoms with Crippen molar-refractivity contribution >= 4 is 23.6 Å². The van der Waals surface area contributed by atoms with Crippen LogP contribution >= 0.6 is 11.6 Å². The second kappa shape index (κ2) is 6.25. The fourth-order valence-corrected chi connectivity index (χ4v) is 1.94. The molecule has 0 radical (unpaired) electrons. The summed E-state index contributed by atoms with van der Waals surface area (Å²) in [4.78, 5) is 10.6. The van der Waals surface area contributed by atoms with Gasteiger partial charge >= 0.3 is 5.97 Å². The summed E-state index contributed by atoms with van der Waals surface area (Å²) in [5, 5.41) is 13.4. The third-order valence-electron chi connectivity index (χ3n) is 2.65. The fraction of sp³-hybridized carbons (Fsp3) is 0.143. The van der Waals surface area contributed by atoms with E-state index >= 15 is 0 Å². The van der Waals surface area contributed by atoms with Crippen molar-refractivity contribution in [1.82, 2.24) is 9.78 Å². The third-order valence-corrected chi connectivity index (χ3v) is 2.84. The summed E-state index contributed by atoms with van der Waals surface area (Å²) in [5.41, 5.74) is 1.67. The molecule has 0 unspecified atom stereocenters. The first kappa shape index (κ1) is 14.1. The Labute approximate surface area is 121 Å². The highest BCUT2D eigenvalue weighted by atomic mass is 35.5. The minimum atomic E-state index is -1.00. The molecule has 0 saturated heterocycles. The van der Waals surface area contributed by atoms with E-state index in [0.717, 1.165) is 11.6 Å². The van der Waals surface area contributed by atoms with Gasteiger partial charge in [-0.05, 0) is 23.8 Å². The van der Waals surface area contributed by atoms with Crippen LogP contribution in [0.2, 0.25) is 5.02 Å². The van der Waals surface area contributed by atoms with Crippen LogP contribution in [-0.2, 0) is 11.3 Å². The van der Waals surface area contributed by atoms with Gasteiger partial charge < -0.3 is 9.84 Å². The largest absolute Gasteiger partial charge is 0.496 e. The highest BCUT2D eigenvalue weighted by Crippen LogP contribution is 2.22. The van der Waals surface area contributed by atoms with Crippen LogP contribution in [0.15, 0.2) is 36.7 Å². The summed E-state index contributed by atoms with van der Waals surface area (Å²) in [5.74, 6) is -0.388. The van der Waals surface area contributed by atoms with Crippen molar-refractivity contribution in [2.75, 3.05) is 7.11 Å². The van der Waals surface area contributed by atoms with Gasteiger partial charge in [-0.3, -0.25) is 4.68 Å². The molecule has 104 valence electrons. The average Bonchev–Trinajstić information content (AvgIpc) is 2.82. The first-order valence-corrected chi connectivity index (χ1v) is 6.22. The Kier molecular flexibility index (Phi) is 4.42. The molecule has 1 aromatic carbocycles. The van der Waals surface area contributed by atoms with E-state index in [9.17, 15) is 4.79 Å². The molecule has 1 N–H and O–H groups in total. The van der Waals surface area contributed by atoms with Crippen molar-refractivity contribution in [3.8, 4) is 5.75 Å². The van der Waals surface area contributed by atoms with E-state index in [1.165, 1.54) is 6.08 Å². The van der Waals surface area contributed by atoms with Crippen molar-refractivity contribution in [2.45, 2.75) is 6.54 Å². The summed E-state index contributed by atoms with van der Waals surface area (Å²) in [6.07, 6.45) is 5.86. The van der Waals surface area contributed by atoms with Gasteiger partial charge in [0.15, 0.2) is 0 Å². The first-order chi connectivity index (χ1) is 9.58. The van der Waals surface area contributed by atoms with Crippen molar-refractivity contribution in [2.24, 2.45) is 0 Å². The van der Waals surface area contributed by atoms with Gasteiger partial charge in [-0.1, -0.05) is 17.7 Å². The second-order valence-corrected chi connectivity index (χ2v) is 4.54. The molecule has 0 saturated carbocycles. The van der Waals surface area contributed by atoms with Gasteiger partial charge in [0.2, 0.25) is 0 Å². The monoisotopic (exact) mass is 292 g/mol. The maximum Gasteiger partial charge on any atom is 0.328 e. The second-order valence-electron chi connectivity index (χ2n) is 4.10. The van der Waals surface area contributed by atoms with Gasteiger partial charge in [-0.15, -0.1) is 0 Å². The van der Waals surface area contributed by atoms with Crippen LogP contribution in [0.4, 0.5) is 0 Å². The zero-order valence-electron chi connectivity index (χ0n) is 10.8. The van der Waals surface area contributed by atoms with Gasteiger partial charge in [0.25, 0.3) is 0 Å². The minimum Gasteiger partial charge on any atom is -0.496 e. The van der Waals surface area contributed by atoms with Crippen LogP contribution in [0.3, 0.4) is 0 Å². The number of halogens is 1. The minimum absolute atomic E-state index is 0.546. The molecule has 1 heterocycles. The van der Waals surface area contributed by atoms with Crippen molar-refractivity contribution in [3.05, 3.63) is 52.8 Å². The van der Waals surface area contributed by atoms with E-state index in [-0.39, 0.29) is 0 Å². The highest BCUT2D eigenvalue weighted by Gasteiger charge is 2.04. The third kappa shape index (κ3) is 3.61. The number of carboxylic acid groups (broad SMARTS) is 1. The molecular weight excluding hydrogens is 280 g/mol. The van der Waals surface area contributed by atoms with Gasteiger partial charge in [-0.25, -0.2) is 4.79 Å². The summed E-state index contributed by atoms with van der Waals surface area (Å²) in [7, 11) is 1.54. The Hall–Kier alpha value is -2.27. The standard InChI is InChI=1S/C14H13ClN2O3/c1-20-13-4-2-10(6-11(13)3-5-14(18)19)8-17-9-12(15)7-16-17/h2-7,9H,8H2,1H3,(H,18,19). The number of rotatable bonds is 5. The maximum absolute atomic E-state index is 10.6. The topological polar surface area (TPSA) is 64.4 Å². The normalized spacial score (nSPS) is 10.9. The lowest BCUT2D eigenvalue weighted by atomic mass is 10.1. The number of aromatic nitrogens is 2. The molecule has 20 heavy (non-hydrogen) atoms. The predicted molar refractivity (Wildman–Crippen MR) is 76.0 cm³/mol. The number of nitrogens with zero attached hydrogens (tertiary/aromatic N) is 2. The quantitative estimate of drug-likeness (QED) is 0.861. The molecule has 1 aromatic heterocycles. The van der Waals surface area contributed by atoms with Crippen LogP contribution in [0.1, 0.15) is 11.1 Å². The number of carbonyl (C=O) groups is 1. The van der Waals surface area contributed by atoms with Crippen molar-refractivity contribution in [1.29, 1.82) is 0 Å². The number of benzene rings is 1. The Bertz CT molecular complexity index is 650. The molecule has 0 atom stereocenters. The maximum atomic E-state index is 10.6. The SMILES string of the molecule is COc1ccc(Cn2cc(Cl)cn2)cc1C=CC(=O)O. The molecule has 0 aliphatic carbocycles. The van der Waals surface area contributed by atoms with Crippen molar-refractivity contribution < 1.29 is 14.6 Å². The van der Waals surface area contributed by atoms with E-state index in [2.05, 4.69) is 5.10 Å². The van der Waals surface area contributed by atoms with Crippen LogP contribution in [0.5, 0.6) is 5.75 Å². The molecule has 0 spiro atoms. The summed E-state index contributed by atoms with van der Waals surface area (Å²) >= 11 is 5.81. The first-order valence-electron chi connectivity index (χ1n) is 5.84. The Morgan fingerprint density at radius 2 is 2.35 bits per heavy atom. The molecule has 0 bridgehead atoms. The van der Waals surface area contributed by atoms with E-state index in [0.29, 0.717) is 22.9 Å². The number of carboxylic acids is 1. The van der Waals surface area contributed by atoms with Crippen LogP contribution in [0, 0.1) is 0 Å². The Morgan fingerprint density at radius 1 is 1.55 bits per heavy atom. The summed E-state index contributed by atoms with van der Waals surface area (Å²) in [6.45, 7) is 0.546. The molecule has 6 heteroatoms. The Morgan fingerprint density at radius 3 is 2.95 bits per heavy atom. The summed E-state index contributed by atoms with van der Waals surface area (Å²) in [6, 6.07) is 5.54. The lowest BCUT2D eigenvalue weighted by Gasteiger charge is -2.08. The molecule has 0 amide bonds. The zero-order valence-corrected chi connectivity index (χ0v) is 11.5. The number of methoxy groups -OCH3 is 1. The lowest BCUT2D eigenvalue weighted by molar-refractivity contribution is -0.131. The fourth-order valence-electron chi connectivity index (χ4n) is 1.79. The van der Waals surface area contributed by atoms with E-state index in [4.69, 9.17) is 21.4 Å². The molecule has 0 aliphatic heterocycles. The predicted octanol–water partition coefficient (Wildman–Crippen LogP) is 2.69. The molecular formula is C14H13ClN2O3. The van der Waals surface area contributed by atoms with Crippen LogP contribution < -0.4 is 4.74 Å². The van der Waals surface area contributed by atoms with Gasteiger partial charge in [0, 0.05) is 17.8 Å². The van der Waals surface area contributed by atoms with E-state index in [1.54, 1.807) is 30.3 Å². The number of hydrogen-bond donors (Lipinski definition) is 1. The van der Waals surface area contributed by atoms with Gasteiger partial charge in [-0.2, -0.15) is 5.10 Å². The van der Waals surface area contributed by atoms with Gasteiger partial charge in [0.05, 0.1) is 24.9 Å².